The fourth-order valence-electron chi connectivity index (χ4n) is 1.09. The molecule has 8 heteroatoms. The van der Waals surface area contributed by atoms with Gasteiger partial charge in [-0.2, -0.15) is 0 Å². The van der Waals surface area contributed by atoms with Crippen LogP contribution in [0.2, 0.25) is 5.15 Å². The molecule has 0 fully saturated rings. The predicted molar refractivity (Wildman–Crippen MR) is 59.9 cm³/mol. The number of hydrogen-bond acceptors (Lipinski definition) is 5. The second-order valence-corrected chi connectivity index (χ2v) is 3.73. The summed E-state index contributed by atoms with van der Waals surface area (Å²) in [5.41, 5.74) is -0.617. The van der Waals surface area contributed by atoms with Gasteiger partial charge in [0.2, 0.25) is 0 Å². The molecule has 1 heterocycles. The van der Waals surface area contributed by atoms with Crippen molar-refractivity contribution in [3.63, 3.8) is 0 Å². The van der Waals surface area contributed by atoms with Crippen LogP contribution in [0.15, 0.2) is 12.3 Å². The molecule has 0 spiro atoms. The lowest BCUT2D eigenvalue weighted by Crippen LogP contribution is -2.31. The molecule has 0 saturated carbocycles. The Balaban J connectivity index is 2.98. The van der Waals surface area contributed by atoms with Gasteiger partial charge in [-0.3, -0.25) is 14.9 Å². The summed E-state index contributed by atoms with van der Waals surface area (Å²) in [4.78, 5) is 25.1. The number of nitro groups is 1. The minimum atomic E-state index is -0.740. The van der Waals surface area contributed by atoms with Crippen LogP contribution >= 0.6 is 11.6 Å². The summed E-state index contributed by atoms with van der Waals surface area (Å²) in [7, 11) is 0. The van der Waals surface area contributed by atoms with Crippen LogP contribution in [0.25, 0.3) is 0 Å². The maximum atomic E-state index is 11.6. The highest BCUT2D eigenvalue weighted by Crippen LogP contribution is 2.19. The number of aromatic nitrogens is 1. The van der Waals surface area contributed by atoms with Crippen molar-refractivity contribution in [1.29, 1.82) is 0 Å². The molecule has 0 radical (unpaired) electrons. The molecule has 0 saturated heterocycles. The third kappa shape index (κ3) is 3.65. The first kappa shape index (κ1) is 13.3. The minimum absolute atomic E-state index is 0.00404. The summed E-state index contributed by atoms with van der Waals surface area (Å²) in [6.45, 7) is 1.48. The predicted octanol–water partition coefficient (Wildman–Crippen LogP) is 0.754. The van der Waals surface area contributed by atoms with Crippen LogP contribution in [0.3, 0.4) is 0 Å². The molecular weight excluding hydrogens is 250 g/mol. The summed E-state index contributed by atoms with van der Waals surface area (Å²) in [6, 6.07) is 1.11. The number of hydrogen-bond donors (Lipinski definition) is 2. The zero-order valence-electron chi connectivity index (χ0n) is 8.88. The molecule has 0 bridgehead atoms. The molecule has 1 aromatic rings. The van der Waals surface area contributed by atoms with Crippen molar-refractivity contribution in [2.75, 3.05) is 6.54 Å². The number of carbonyl (C=O) groups is 1. The van der Waals surface area contributed by atoms with E-state index in [2.05, 4.69) is 10.3 Å². The lowest BCUT2D eigenvalue weighted by Gasteiger charge is -2.07. The van der Waals surface area contributed by atoms with E-state index in [0.717, 1.165) is 12.3 Å². The fraction of sp³-hybridized carbons (Fsp3) is 0.333. The second kappa shape index (κ2) is 5.55. The van der Waals surface area contributed by atoms with Gasteiger partial charge in [-0.15, -0.1) is 0 Å². The number of amides is 1. The number of nitrogens with zero attached hydrogens (tertiary/aromatic N) is 2. The molecule has 0 unspecified atom stereocenters. The lowest BCUT2D eigenvalue weighted by atomic mass is 10.2. The number of nitrogens with one attached hydrogen (secondary N) is 1. The quantitative estimate of drug-likeness (QED) is 0.472. The molecular formula is C9H10ClN3O4. The highest BCUT2D eigenvalue weighted by Gasteiger charge is 2.21. The summed E-state index contributed by atoms with van der Waals surface area (Å²) in [5.74, 6) is -0.679. The van der Waals surface area contributed by atoms with Crippen molar-refractivity contribution in [2.45, 2.75) is 13.0 Å². The monoisotopic (exact) mass is 259 g/mol. The fourth-order valence-corrected chi connectivity index (χ4v) is 1.24. The van der Waals surface area contributed by atoms with E-state index < -0.39 is 22.6 Å². The lowest BCUT2D eigenvalue weighted by molar-refractivity contribution is -0.385. The first-order valence-corrected chi connectivity index (χ1v) is 5.06. The van der Waals surface area contributed by atoms with Crippen molar-refractivity contribution in [3.05, 3.63) is 33.1 Å². The maximum Gasteiger partial charge on any atom is 0.300 e. The number of carbonyl (C=O) groups excluding carboxylic acids is 1. The topological polar surface area (TPSA) is 105 Å². The van der Waals surface area contributed by atoms with Gasteiger partial charge in [-0.1, -0.05) is 11.6 Å². The largest absolute Gasteiger partial charge is 0.392 e. The first-order chi connectivity index (χ1) is 7.91. The van der Waals surface area contributed by atoms with Gasteiger partial charge in [-0.25, -0.2) is 4.98 Å². The zero-order valence-corrected chi connectivity index (χ0v) is 9.64. The Morgan fingerprint density at radius 3 is 2.94 bits per heavy atom. The average Bonchev–Trinajstić information content (AvgIpc) is 2.25. The standard InChI is InChI=1S/C9H10ClN3O4/c1-5(14)3-12-9(15)6-2-8(10)11-4-7(6)13(16)17/h2,4-5,14H,3H2,1H3,(H,12,15)/t5-/m1/s1. The average molecular weight is 260 g/mol. The highest BCUT2D eigenvalue weighted by molar-refractivity contribution is 6.29. The summed E-state index contributed by atoms with van der Waals surface area (Å²) in [5, 5.41) is 22.0. The molecule has 1 amide bonds. The van der Waals surface area contributed by atoms with Gasteiger partial charge in [0.05, 0.1) is 11.0 Å². The van der Waals surface area contributed by atoms with Crippen molar-refractivity contribution in [3.8, 4) is 0 Å². The minimum Gasteiger partial charge on any atom is -0.392 e. The van der Waals surface area contributed by atoms with Gasteiger partial charge in [-0.05, 0) is 13.0 Å². The third-order valence-electron chi connectivity index (χ3n) is 1.85. The molecule has 92 valence electrons. The van der Waals surface area contributed by atoms with Gasteiger partial charge in [0, 0.05) is 6.54 Å². The summed E-state index contributed by atoms with van der Waals surface area (Å²) in [6.07, 6.45) is 0.176. The van der Waals surface area contributed by atoms with E-state index in [-0.39, 0.29) is 17.3 Å². The molecule has 0 aromatic carbocycles. The number of aliphatic hydroxyl groups excluding tert-OH is 1. The van der Waals surface area contributed by atoms with E-state index >= 15 is 0 Å². The van der Waals surface area contributed by atoms with Crippen LogP contribution in [-0.2, 0) is 0 Å². The van der Waals surface area contributed by atoms with Crippen molar-refractivity contribution in [2.24, 2.45) is 0 Å². The smallest absolute Gasteiger partial charge is 0.300 e. The van der Waals surface area contributed by atoms with E-state index in [1.54, 1.807) is 0 Å². The Kier molecular flexibility index (Phi) is 4.36. The van der Waals surface area contributed by atoms with Gasteiger partial charge in [0.15, 0.2) is 0 Å². The van der Waals surface area contributed by atoms with E-state index in [0.29, 0.717) is 0 Å². The van der Waals surface area contributed by atoms with E-state index in [4.69, 9.17) is 16.7 Å². The normalized spacial score (nSPS) is 11.9. The van der Waals surface area contributed by atoms with Gasteiger partial charge >= 0.3 is 0 Å². The van der Waals surface area contributed by atoms with Crippen LogP contribution in [0.5, 0.6) is 0 Å². The Hall–Kier alpha value is -1.73. The first-order valence-electron chi connectivity index (χ1n) is 4.68. The van der Waals surface area contributed by atoms with Crippen LogP contribution in [0, 0.1) is 10.1 Å². The molecule has 7 nitrogen and oxygen atoms in total. The molecule has 1 rings (SSSR count). The number of halogens is 1. The van der Waals surface area contributed by atoms with Crippen molar-refractivity contribution < 1.29 is 14.8 Å². The van der Waals surface area contributed by atoms with Crippen LogP contribution in [0.4, 0.5) is 5.69 Å². The zero-order chi connectivity index (χ0) is 13.0. The van der Waals surface area contributed by atoms with Crippen molar-refractivity contribution >= 4 is 23.2 Å². The molecule has 1 aromatic heterocycles. The maximum absolute atomic E-state index is 11.6. The Morgan fingerprint density at radius 1 is 1.76 bits per heavy atom. The number of pyridine rings is 1. The van der Waals surface area contributed by atoms with Crippen molar-refractivity contribution in [1.82, 2.24) is 10.3 Å². The molecule has 2 N–H and O–H groups in total. The number of aliphatic hydroxyl groups is 1. The Bertz CT molecular complexity index is 450. The molecule has 1 atom stereocenters. The highest BCUT2D eigenvalue weighted by atomic mass is 35.5. The Morgan fingerprint density at radius 2 is 2.41 bits per heavy atom. The summed E-state index contributed by atoms with van der Waals surface area (Å²) >= 11 is 5.57. The van der Waals surface area contributed by atoms with Crippen LogP contribution in [-0.4, -0.2) is 33.6 Å². The molecule has 0 aliphatic heterocycles. The molecule has 0 aliphatic carbocycles. The van der Waals surface area contributed by atoms with E-state index in [1.165, 1.54) is 6.92 Å². The molecule has 17 heavy (non-hydrogen) atoms. The van der Waals surface area contributed by atoms with Crippen LogP contribution < -0.4 is 5.32 Å². The van der Waals surface area contributed by atoms with E-state index in [1.807, 2.05) is 0 Å². The van der Waals surface area contributed by atoms with Crippen LogP contribution in [0.1, 0.15) is 17.3 Å². The van der Waals surface area contributed by atoms with Gasteiger partial charge in [0.25, 0.3) is 11.6 Å². The summed E-state index contributed by atoms with van der Waals surface area (Å²) < 4.78 is 0. The SMILES string of the molecule is C[C@@H](O)CNC(=O)c1cc(Cl)ncc1[N+](=O)[O-]. The van der Waals surface area contributed by atoms with Gasteiger partial charge in [0.1, 0.15) is 16.9 Å². The van der Waals surface area contributed by atoms with E-state index in [9.17, 15) is 14.9 Å². The number of rotatable bonds is 4. The second-order valence-electron chi connectivity index (χ2n) is 3.34. The van der Waals surface area contributed by atoms with Gasteiger partial charge < -0.3 is 10.4 Å². The Labute approximate surface area is 102 Å². The molecule has 0 aliphatic rings. The third-order valence-corrected chi connectivity index (χ3v) is 2.06.